The first kappa shape index (κ1) is 18.9. The lowest BCUT2D eigenvalue weighted by atomic mass is 10.3. The van der Waals surface area contributed by atoms with Crippen LogP contribution in [0.5, 0.6) is 0 Å². The van der Waals surface area contributed by atoms with Crippen molar-refractivity contribution in [2.45, 2.75) is 24.5 Å². The predicted molar refractivity (Wildman–Crippen MR) is 95.5 cm³/mol. The van der Waals surface area contributed by atoms with Crippen LogP contribution in [0.3, 0.4) is 0 Å². The van der Waals surface area contributed by atoms with Crippen molar-refractivity contribution in [2.24, 2.45) is 0 Å². The number of nitrogens with one attached hydrogen (secondary N) is 1. The van der Waals surface area contributed by atoms with Gasteiger partial charge in [0.25, 0.3) is 11.6 Å². The van der Waals surface area contributed by atoms with E-state index >= 15 is 0 Å². The Labute approximate surface area is 152 Å². The first-order valence-electron chi connectivity index (χ1n) is 7.32. The summed E-state index contributed by atoms with van der Waals surface area (Å²) in [4.78, 5) is 35.5. The van der Waals surface area contributed by atoms with Crippen LogP contribution in [-0.4, -0.2) is 28.7 Å². The molecule has 0 saturated heterocycles. The van der Waals surface area contributed by atoms with E-state index in [9.17, 15) is 19.7 Å². The molecule has 0 bridgehead atoms. The number of hydrogen-bond donors (Lipinski definition) is 1. The van der Waals surface area contributed by atoms with Crippen LogP contribution in [0.4, 0.5) is 5.69 Å². The summed E-state index contributed by atoms with van der Waals surface area (Å²) in [5.74, 6) is -0.871. The van der Waals surface area contributed by atoms with E-state index in [1.54, 1.807) is 12.1 Å². The number of thioether (sulfide) groups is 1. The molecule has 132 valence electrons. The molecule has 0 aliphatic heterocycles. The molecule has 2 aromatic rings. The van der Waals surface area contributed by atoms with E-state index in [0.29, 0.717) is 11.4 Å². The highest BCUT2D eigenvalue weighted by Crippen LogP contribution is 2.21. The minimum absolute atomic E-state index is 0.0111. The minimum atomic E-state index is -0.884. The van der Waals surface area contributed by atoms with E-state index in [4.69, 9.17) is 4.74 Å². The molecule has 0 saturated carbocycles. The zero-order valence-electron chi connectivity index (χ0n) is 13.3. The lowest BCUT2D eigenvalue weighted by molar-refractivity contribution is -0.384. The van der Waals surface area contributed by atoms with E-state index < -0.39 is 17.0 Å². The lowest BCUT2D eigenvalue weighted by Gasteiger charge is -2.13. The number of esters is 1. The summed E-state index contributed by atoms with van der Waals surface area (Å²) in [7, 11) is 0. The van der Waals surface area contributed by atoms with E-state index in [-0.39, 0.29) is 17.3 Å². The first-order chi connectivity index (χ1) is 12.0. The van der Waals surface area contributed by atoms with Crippen LogP contribution in [-0.2, 0) is 20.9 Å². The average Bonchev–Trinajstić information content (AvgIpc) is 3.11. The van der Waals surface area contributed by atoms with Gasteiger partial charge in [-0.1, -0.05) is 6.07 Å². The largest absolute Gasteiger partial charge is 0.452 e. The summed E-state index contributed by atoms with van der Waals surface area (Å²) >= 11 is 2.72. The Morgan fingerprint density at radius 1 is 1.32 bits per heavy atom. The van der Waals surface area contributed by atoms with Gasteiger partial charge in [-0.25, -0.2) is 0 Å². The quantitative estimate of drug-likeness (QED) is 0.327. The van der Waals surface area contributed by atoms with Crippen LogP contribution in [0, 0.1) is 10.1 Å². The fourth-order valence-corrected chi connectivity index (χ4v) is 3.15. The number of thiophene rings is 1. The van der Waals surface area contributed by atoms with Crippen molar-refractivity contribution in [2.75, 3.05) is 5.75 Å². The summed E-state index contributed by atoms with van der Waals surface area (Å²) in [6.45, 7) is 1.91. The molecule has 0 aliphatic carbocycles. The number of non-ortho nitro benzene ring substituents is 1. The zero-order valence-corrected chi connectivity index (χ0v) is 15.0. The van der Waals surface area contributed by atoms with Crippen molar-refractivity contribution in [1.82, 2.24) is 5.32 Å². The highest BCUT2D eigenvalue weighted by molar-refractivity contribution is 8.00. The normalized spacial score (nSPS) is 11.6. The molecule has 0 aliphatic rings. The fraction of sp³-hybridized carbons (Fsp3) is 0.250. The van der Waals surface area contributed by atoms with Crippen molar-refractivity contribution in [1.29, 1.82) is 0 Å². The number of nitro benzene ring substituents is 1. The molecule has 1 heterocycles. The molecule has 25 heavy (non-hydrogen) atoms. The third-order valence-corrected chi connectivity index (χ3v) is 4.96. The maximum Gasteiger partial charge on any atom is 0.317 e. The van der Waals surface area contributed by atoms with Gasteiger partial charge in [0.15, 0.2) is 6.10 Å². The second kappa shape index (κ2) is 9.19. The zero-order chi connectivity index (χ0) is 18.2. The minimum Gasteiger partial charge on any atom is -0.452 e. The first-order valence-corrected chi connectivity index (χ1v) is 9.19. The van der Waals surface area contributed by atoms with Crippen LogP contribution < -0.4 is 5.32 Å². The van der Waals surface area contributed by atoms with E-state index in [1.807, 2.05) is 17.5 Å². The molecule has 1 atom stereocenters. The highest BCUT2D eigenvalue weighted by atomic mass is 32.2. The maximum atomic E-state index is 11.9. The second-order valence-corrected chi connectivity index (χ2v) is 7.05. The SMILES string of the molecule is C[C@@H](OC(=O)CSc1ccc([N+](=O)[O-])cc1)C(=O)NCc1cccs1. The van der Waals surface area contributed by atoms with Crippen LogP contribution in [0.1, 0.15) is 11.8 Å². The summed E-state index contributed by atoms with van der Waals surface area (Å²) in [6.07, 6.45) is -0.884. The van der Waals surface area contributed by atoms with Crippen LogP contribution in [0.15, 0.2) is 46.7 Å². The lowest BCUT2D eigenvalue weighted by Crippen LogP contribution is -2.35. The molecule has 2 rings (SSSR count). The van der Waals surface area contributed by atoms with Crippen molar-refractivity contribution in [3.63, 3.8) is 0 Å². The number of ether oxygens (including phenoxy) is 1. The number of amides is 1. The molecule has 0 unspecified atom stereocenters. The second-order valence-electron chi connectivity index (χ2n) is 4.97. The van der Waals surface area contributed by atoms with Gasteiger partial charge in [0, 0.05) is 21.9 Å². The molecule has 0 spiro atoms. The molecule has 1 aromatic heterocycles. The smallest absolute Gasteiger partial charge is 0.317 e. The maximum absolute atomic E-state index is 11.9. The Morgan fingerprint density at radius 2 is 2.04 bits per heavy atom. The molecular weight excluding hydrogens is 364 g/mol. The van der Waals surface area contributed by atoms with Gasteiger partial charge >= 0.3 is 5.97 Å². The molecule has 0 fully saturated rings. The van der Waals surface area contributed by atoms with Crippen LogP contribution in [0.2, 0.25) is 0 Å². The van der Waals surface area contributed by atoms with Gasteiger partial charge in [-0.15, -0.1) is 23.1 Å². The molecule has 1 N–H and O–H groups in total. The van der Waals surface area contributed by atoms with Gasteiger partial charge in [-0.05, 0) is 30.5 Å². The third-order valence-electron chi connectivity index (χ3n) is 3.10. The number of carbonyl (C=O) groups excluding carboxylic acids is 2. The fourth-order valence-electron chi connectivity index (χ4n) is 1.82. The summed E-state index contributed by atoms with van der Waals surface area (Å²) < 4.78 is 5.09. The standard InChI is InChI=1S/C16H16N2O5S2/c1-11(16(20)17-9-14-3-2-8-24-14)23-15(19)10-25-13-6-4-12(5-7-13)18(21)22/h2-8,11H,9-10H2,1H3,(H,17,20)/t11-/m1/s1. The predicted octanol–water partition coefficient (Wildman–Crippen LogP) is 3.00. The van der Waals surface area contributed by atoms with Crippen molar-refractivity contribution in [3.8, 4) is 0 Å². The summed E-state index contributed by atoms with van der Waals surface area (Å²) in [5, 5.41) is 15.2. The van der Waals surface area contributed by atoms with Gasteiger partial charge < -0.3 is 10.1 Å². The Morgan fingerprint density at radius 3 is 2.64 bits per heavy atom. The van der Waals surface area contributed by atoms with Gasteiger partial charge in [-0.3, -0.25) is 19.7 Å². The Hall–Kier alpha value is -2.39. The molecule has 7 nitrogen and oxygen atoms in total. The average molecular weight is 380 g/mol. The van der Waals surface area contributed by atoms with Crippen molar-refractivity contribution < 1.29 is 19.2 Å². The van der Waals surface area contributed by atoms with Gasteiger partial charge in [-0.2, -0.15) is 0 Å². The number of benzene rings is 1. The third kappa shape index (κ3) is 6.20. The number of rotatable bonds is 8. The number of hydrogen-bond acceptors (Lipinski definition) is 7. The number of carbonyl (C=O) groups is 2. The summed E-state index contributed by atoms with van der Waals surface area (Å²) in [6, 6.07) is 9.66. The van der Waals surface area contributed by atoms with Crippen LogP contribution >= 0.6 is 23.1 Å². The Kier molecular flexibility index (Phi) is 6.96. The Balaban J connectivity index is 1.73. The monoisotopic (exact) mass is 380 g/mol. The topological polar surface area (TPSA) is 98.5 Å². The van der Waals surface area contributed by atoms with E-state index in [0.717, 1.165) is 4.88 Å². The molecule has 1 amide bonds. The van der Waals surface area contributed by atoms with Gasteiger partial charge in [0.2, 0.25) is 0 Å². The number of nitrogens with zero attached hydrogens (tertiary/aromatic N) is 1. The van der Waals surface area contributed by atoms with Crippen LogP contribution in [0.25, 0.3) is 0 Å². The molecular formula is C16H16N2O5S2. The highest BCUT2D eigenvalue weighted by Gasteiger charge is 2.17. The summed E-state index contributed by atoms with van der Waals surface area (Å²) in [5.41, 5.74) is -0.0111. The van der Waals surface area contributed by atoms with Crippen molar-refractivity contribution >= 4 is 40.7 Å². The van der Waals surface area contributed by atoms with Gasteiger partial charge in [0.1, 0.15) is 0 Å². The molecule has 0 radical (unpaired) electrons. The van der Waals surface area contributed by atoms with Gasteiger partial charge in [0.05, 0.1) is 17.2 Å². The Bertz CT molecular complexity index is 731. The molecule has 1 aromatic carbocycles. The van der Waals surface area contributed by atoms with E-state index in [1.165, 1.54) is 42.2 Å². The number of nitro groups is 1. The van der Waals surface area contributed by atoms with E-state index in [2.05, 4.69) is 5.32 Å². The van der Waals surface area contributed by atoms with Crippen molar-refractivity contribution in [3.05, 3.63) is 56.8 Å². The molecule has 9 heteroatoms.